The van der Waals surface area contributed by atoms with E-state index >= 15 is 0 Å². The molecule has 0 saturated carbocycles. The number of hydrogen-bond donors (Lipinski definition) is 2. The molecule has 0 fully saturated rings. The minimum atomic E-state index is -1.02. The smallest absolute Gasteiger partial charge is 0.339 e. The standard InChI is InChI=1S/C10H10N4O3/c1-6-2-3-11-9(8(6)10(15)16)12-4-7-13-5-17-14-7/h2-3,5H,4H2,1H3,(H,11,12)(H,15,16). The average Bonchev–Trinajstić information content (AvgIpc) is 2.78. The van der Waals surface area contributed by atoms with E-state index in [-0.39, 0.29) is 12.1 Å². The van der Waals surface area contributed by atoms with Crippen LogP contribution in [0, 0.1) is 6.92 Å². The Morgan fingerprint density at radius 3 is 3.00 bits per heavy atom. The van der Waals surface area contributed by atoms with Crippen LogP contribution < -0.4 is 5.32 Å². The first-order chi connectivity index (χ1) is 8.18. The fourth-order valence-electron chi connectivity index (χ4n) is 1.40. The fraction of sp³-hybridized carbons (Fsp3) is 0.200. The number of nitrogens with one attached hydrogen (secondary N) is 1. The Kier molecular flexibility index (Phi) is 2.99. The Morgan fingerprint density at radius 1 is 1.53 bits per heavy atom. The van der Waals surface area contributed by atoms with Gasteiger partial charge in [-0.2, -0.15) is 4.98 Å². The summed E-state index contributed by atoms with van der Waals surface area (Å²) in [5, 5.41) is 15.5. The molecule has 2 heterocycles. The summed E-state index contributed by atoms with van der Waals surface area (Å²) < 4.78 is 4.57. The third-order valence-corrected chi connectivity index (χ3v) is 2.19. The van der Waals surface area contributed by atoms with Crippen LogP contribution in [0.5, 0.6) is 0 Å². The summed E-state index contributed by atoms with van der Waals surface area (Å²) in [7, 11) is 0. The third kappa shape index (κ3) is 2.39. The van der Waals surface area contributed by atoms with Crippen LogP contribution in [0.15, 0.2) is 23.2 Å². The van der Waals surface area contributed by atoms with Crippen molar-refractivity contribution in [3.63, 3.8) is 0 Å². The Balaban J connectivity index is 2.21. The van der Waals surface area contributed by atoms with Gasteiger partial charge in [-0.05, 0) is 18.6 Å². The predicted molar refractivity (Wildman–Crippen MR) is 57.6 cm³/mol. The number of anilines is 1. The molecule has 0 amide bonds. The maximum atomic E-state index is 11.1. The van der Waals surface area contributed by atoms with Gasteiger partial charge in [0.2, 0.25) is 6.39 Å². The van der Waals surface area contributed by atoms with Crippen LogP contribution in [-0.2, 0) is 6.54 Å². The van der Waals surface area contributed by atoms with Crippen molar-refractivity contribution in [1.82, 2.24) is 15.1 Å². The Hall–Kier alpha value is -2.44. The minimum Gasteiger partial charge on any atom is -0.478 e. The van der Waals surface area contributed by atoms with Crippen LogP contribution >= 0.6 is 0 Å². The van der Waals surface area contributed by atoms with E-state index in [1.54, 1.807) is 19.2 Å². The molecule has 0 unspecified atom stereocenters. The molecule has 0 aliphatic rings. The topological polar surface area (TPSA) is 101 Å². The maximum absolute atomic E-state index is 11.1. The van der Waals surface area contributed by atoms with Gasteiger partial charge in [0.15, 0.2) is 5.82 Å². The number of hydrogen-bond acceptors (Lipinski definition) is 6. The van der Waals surface area contributed by atoms with Crippen molar-refractivity contribution >= 4 is 11.8 Å². The monoisotopic (exact) mass is 234 g/mol. The van der Waals surface area contributed by atoms with Crippen LogP contribution in [0.4, 0.5) is 5.82 Å². The molecule has 0 atom stereocenters. The first-order valence-corrected chi connectivity index (χ1v) is 4.86. The highest BCUT2D eigenvalue weighted by atomic mass is 16.5. The second kappa shape index (κ2) is 4.60. The highest BCUT2D eigenvalue weighted by molar-refractivity contribution is 5.94. The van der Waals surface area contributed by atoms with E-state index in [1.165, 1.54) is 6.39 Å². The van der Waals surface area contributed by atoms with Gasteiger partial charge in [-0.15, -0.1) is 0 Å². The molecule has 7 nitrogen and oxygen atoms in total. The number of carboxylic acids is 1. The first kappa shape index (κ1) is 11.1. The zero-order chi connectivity index (χ0) is 12.3. The van der Waals surface area contributed by atoms with Gasteiger partial charge >= 0.3 is 5.97 Å². The van der Waals surface area contributed by atoms with E-state index in [0.29, 0.717) is 17.2 Å². The van der Waals surface area contributed by atoms with E-state index in [9.17, 15) is 4.79 Å². The molecule has 88 valence electrons. The van der Waals surface area contributed by atoms with Crippen LogP contribution in [0.25, 0.3) is 0 Å². The number of carbonyl (C=O) groups is 1. The zero-order valence-corrected chi connectivity index (χ0v) is 9.04. The second-order valence-corrected chi connectivity index (χ2v) is 3.36. The van der Waals surface area contributed by atoms with Crippen molar-refractivity contribution in [3.05, 3.63) is 35.6 Å². The molecule has 0 bridgehead atoms. The van der Waals surface area contributed by atoms with Gasteiger partial charge in [0.25, 0.3) is 0 Å². The molecule has 0 aliphatic carbocycles. The highest BCUT2D eigenvalue weighted by Crippen LogP contribution is 2.16. The third-order valence-electron chi connectivity index (χ3n) is 2.19. The largest absolute Gasteiger partial charge is 0.478 e. The Labute approximate surface area is 96.5 Å². The van der Waals surface area contributed by atoms with Crippen molar-refractivity contribution in [2.45, 2.75) is 13.5 Å². The second-order valence-electron chi connectivity index (χ2n) is 3.36. The normalized spacial score (nSPS) is 10.2. The number of aryl methyl sites for hydroxylation is 1. The summed E-state index contributed by atoms with van der Waals surface area (Å²) in [6.07, 6.45) is 2.75. The lowest BCUT2D eigenvalue weighted by molar-refractivity contribution is 0.0697. The Morgan fingerprint density at radius 2 is 2.35 bits per heavy atom. The summed E-state index contributed by atoms with van der Waals surface area (Å²) in [5.41, 5.74) is 0.791. The van der Waals surface area contributed by atoms with Crippen molar-refractivity contribution < 1.29 is 14.4 Å². The number of rotatable bonds is 4. The summed E-state index contributed by atoms with van der Waals surface area (Å²) in [6.45, 7) is 1.97. The molecule has 0 saturated heterocycles. The van der Waals surface area contributed by atoms with E-state index in [1.807, 2.05) is 0 Å². The van der Waals surface area contributed by atoms with E-state index in [0.717, 1.165) is 0 Å². The number of nitrogens with zero attached hydrogens (tertiary/aromatic N) is 3. The quantitative estimate of drug-likeness (QED) is 0.816. The molecule has 0 aromatic carbocycles. The van der Waals surface area contributed by atoms with Crippen LogP contribution in [0.1, 0.15) is 21.7 Å². The number of aromatic carboxylic acids is 1. The van der Waals surface area contributed by atoms with E-state index in [4.69, 9.17) is 5.11 Å². The van der Waals surface area contributed by atoms with Crippen LogP contribution in [-0.4, -0.2) is 26.2 Å². The van der Waals surface area contributed by atoms with E-state index < -0.39 is 5.97 Å². The molecule has 7 heteroatoms. The summed E-state index contributed by atoms with van der Waals surface area (Å²) in [6, 6.07) is 1.64. The van der Waals surface area contributed by atoms with Crippen LogP contribution in [0.3, 0.4) is 0 Å². The van der Waals surface area contributed by atoms with Gasteiger partial charge in [-0.1, -0.05) is 5.16 Å². The molecule has 0 spiro atoms. The maximum Gasteiger partial charge on any atom is 0.339 e. The summed E-state index contributed by atoms with van der Waals surface area (Å²) in [4.78, 5) is 18.9. The molecule has 0 radical (unpaired) electrons. The molecule has 2 rings (SSSR count). The molecule has 2 N–H and O–H groups in total. The van der Waals surface area contributed by atoms with Gasteiger partial charge in [0, 0.05) is 6.20 Å². The molecule has 0 aliphatic heterocycles. The molecular formula is C10H10N4O3. The minimum absolute atomic E-state index is 0.149. The summed E-state index contributed by atoms with van der Waals surface area (Å²) in [5.74, 6) is -0.293. The number of aromatic nitrogens is 3. The van der Waals surface area contributed by atoms with Gasteiger partial charge in [-0.25, -0.2) is 9.78 Å². The highest BCUT2D eigenvalue weighted by Gasteiger charge is 2.14. The number of pyridine rings is 1. The molecule has 2 aromatic heterocycles. The lowest BCUT2D eigenvalue weighted by Gasteiger charge is -2.08. The Bertz CT molecular complexity index is 524. The van der Waals surface area contributed by atoms with Crippen LogP contribution in [0.2, 0.25) is 0 Å². The van der Waals surface area contributed by atoms with Crippen molar-refractivity contribution in [2.75, 3.05) is 5.32 Å². The SMILES string of the molecule is Cc1ccnc(NCc2ncon2)c1C(=O)O. The fourth-order valence-corrected chi connectivity index (χ4v) is 1.40. The van der Waals surface area contributed by atoms with E-state index in [2.05, 4.69) is 25.0 Å². The number of carboxylic acid groups (broad SMARTS) is 1. The van der Waals surface area contributed by atoms with Crippen molar-refractivity contribution in [2.24, 2.45) is 0 Å². The summed E-state index contributed by atoms with van der Waals surface area (Å²) >= 11 is 0. The van der Waals surface area contributed by atoms with Crippen molar-refractivity contribution in [1.29, 1.82) is 0 Å². The lowest BCUT2D eigenvalue weighted by Crippen LogP contribution is -2.10. The van der Waals surface area contributed by atoms with Gasteiger partial charge in [-0.3, -0.25) is 0 Å². The van der Waals surface area contributed by atoms with Crippen molar-refractivity contribution in [3.8, 4) is 0 Å². The first-order valence-electron chi connectivity index (χ1n) is 4.86. The average molecular weight is 234 g/mol. The lowest BCUT2D eigenvalue weighted by atomic mass is 10.1. The zero-order valence-electron chi connectivity index (χ0n) is 9.04. The van der Waals surface area contributed by atoms with Gasteiger partial charge in [0.05, 0.1) is 6.54 Å². The van der Waals surface area contributed by atoms with Gasteiger partial charge in [0.1, 0.15) is 11.4 Å². The molecular weight excluding hydrogens is 224 g/mol. The molecule has 2 aromatic rings. The molecule has 17 heavy (non-hydrogen) atoms. The van der Waals surface area contributed by atoms with Gasteiger partial charge < -0.3 is 14.9 Å². The predicted octanol–water partition coefficient (Wildman–Crippen LogP) is 1.08.